The second kappa shape index (κ2) is 7.88. The Morgan fingerprint density at radius 2 is 1.44 bits per heavy atom. The van der Waals surface area contributed by atoms with Crippen LogP contribution in [0.15, 0.2) is 100 Å². The van der Waals surface area contributed by atoms with Gasteiger partial charge in [-0.3, -0.25) is 4.57 Å². The van der Waals surface area contributed by atoms with Crippen LogP contribution in [0.4, 0.5) is 16.4 Å². The topological polar surface area (TPSA) is 54.9 Å². The van der Waals surface area contributed by atoms with Crippen LogP contribution >= 0.6 is 11.3 Å². The van der Waals surface area contributed by atoms with Crippen LogP contribution in [0, 0.1) is 6.92 Å². The highest BCUT2D eigenvalue weighted by atomic mass is 32.1. The van der Waals surface area contributed by atoms with Crippen molar-refractivity contribution in [3.8, 4) is 5.82 Å². The predicted octanol–water partition coefficient (Wildman–Crippen LogP) is 5.89. The molecule has 132 valence electrons. The second-order valence-corrected chi connectivity index (χ2v) is 6.74. The number of rotatable bonds is 4. The van der Waals surface area contributed by atoms with Crippen LogP contribution in [0.1, 0.15) is 5.69 Å². The Bertz CT molecular complexity index is 1110. The van der Waals surface area contributed by atoms with Crippen LogP contribution in [0.3, 0.4) is 0 Å². The zero-order valence-corrected chi connectivity index (χ0v) is 15.5. The van der Waals surface area contributed by atoms with E-state index in [0.29, 0.717) is 0 Å². The largest absolute Gasteiger partial charge is 0.271 e. The van der Waals surface area contributed by atoms with Gasteiger partial charge in [0.1, 0.15) is 5.82 Å². The number of aromatic nitrogens is 2. The lowest BCUT2D eigenvalue weighted by Crippen LogP contribution is -2.14. The number of pyridine rings is 1. The van der Waals surface area contributed by atoms with Gasteiger partial charge in [-0.15, -0.1) is 10.2 Å². The average Bonchev–Trinajstić information content (AvgIpc) is 3.03. The van der Waals surface area contributed by atoms with Crippen LogP contribution in [0.25, 0.3) is 5.82 Å². The molecule has 0 N–H and O–H groups in total. The number of benzene rings is 2. The monoisotopic (exact) mass is 371 g/mol. The Kier molecular flexibility index (Phi) is 4.98. The zero-order chi connectivity index (χ0) is 18.5. The van der Waals surface area contributed by atoms with Crippen molar-refractivity contribution in [3.05, 3.63) is 95.6 Å². The zero-order valence-electron chi connectivity index (χ0n) is 14.7. The lowest BCUT2D eigenvalue weighted by Gasteiger charge is -2.04. The summed E-state index contributed by atoms with van der Waals surface area (Å²) in [6.45, 7) is 2.01. The predicted molar refractivity (Wildman–Crippen MR) is 108 cm³/mol. The SMILES string of the molecule is Cc1c(N=Nc2ccccc2)sc(=Nc2ccccc2)n1-c1ccccn1. The molecule has 2 aromatic carbocycles. The Morgan fingerprint density at radius 3 is 2.11 bits per heavy atom. The summed E-state index contributed by atoms with van der Waals surface area (Å²) in [5.74, 6) is 0.807. The van der Waals surface area contributed by atoms with Crippen molar-refractivity contribution in [2.45, 2.75) is 6.92 Å². The van der Waals surface area contributed by atoms with Gasteiger partial charge in [0.05, 0.1) is 17.1 Å². The molecule has 0 atom stereocenters. The lowest BCUT2D eigenvalue weighted by molar-refractivity contribution is 0.910. The lowest BCUT2D eigenvalue weighted by atomic mass is 10.3. The molecule has 0 radical (unpaired) electrons. The molecule has 0 saturated heterocycles. The molecule has 6 heteroatoms. The molecule has 0 aliphatic carbocycles. The van der Waals surface area contributed by atoms with E-state index in [4.69, 9.17) is 4.99 Å². The molecule has 0 aliphatic heterocycles. The summed E-state index contributed by atoms with van der Waals surface area (Å²) in [6, 6.07) is 25.4. The van der Waals surface area contributed by atoms with Crippen molar-refractivity contribution >= 4 is 27.7 Å². The fraction of sp³-hybridized carbons (Fsp3) is 0.0476. The van der Waals surface area contributed by atoms with E-state index in [1.807, 2.05) is 90.4 Å². The van der Waals surface area contributed by atoms with Gasteiger partial charge in [0.15, 0.2) is 9.80 Å². The van der Waals surface area contributed by atoms with Crippen molar-refractivity contribution in [1.82, 2.24) is 9.55 Å². The van der Waals surface area contributed by atoms with E-state index in [1.54, 1.807) is 6.20 Å². The van der Waals surface area contributed by atoms with E-state index in [2.05, 4.69) is 15.2 Å². The van der Waals surface area contributed by atoms with Crippen molar-refractivity contribution in [2.75, 3.05) is 0 Å². The summed E-state index contributed by atoms with van der Waals surface area (Å²) in [6.07, 6.45) is 1.77. The number of hydrogen-bond donors (Lipinski definition) is 0. The highest BCUT2D eigenvalue weighted by Crippen LogP contribution is 2.27. The number of thiazole rings is 1. The number of nitrogens with zero attached hydrogens (tertiary/aromatic N) is 5. The van der Waals surface area contributed by atoms with E-state index in [-0.39, 0.29) is 0 Å². The quantitative estimate of drug-likeness (QED) is 0.413. The third kappa shape index (κ3) is 3.91. The maximum atomic E-state index is 4.79. The van der Waals surface area contributed by atoms with Gasteiger partial charge in [-0.25, -0.2) is 9.98 Å². The molecule has 2 heterocycles. The molecule has 0 saturated carbocycles. The van der Waals surface area contributed by atoms with Gasteiger partial charge in [0.25, 0.3) is 0 Å². The van der Waals surface area contributed by atoms with Crippen molar-refractivity contribution in [3.63, 3.8) is 0 Å². The summed E-state index contributed by atoms with van der Waals surface area (Å²) >= 11 is 1.49. The standard InChI is InChI=1S/C21H17N5S/c1-16-20(25-24-18-12-6-3-7-13-18)27-21(23-17-10-4-2-5-11-17)26(16)19-14-8-9-15-22-19/h2-15H,1H3. The average molecular weight is 371 g/mol. The number of hydrogen-bond acceptors (Lipinski definition) is 5. The Hall–Kier alpha value is -3.38. The molecular weight excluding hydrogens is 354 g/mol. The molecule has 0 unspecified atom stereocenters. The maximum absolute atomic E-state index is 4.79. The van der Waals surface area contributed by atoms with Crippen LogP contribution in [0.5, 0.6) is 0 Å². The third-order valence-corrected chi connectivity index (χ3v) is 4.92. The van der Waals surface area contributed by atoms with E-state index in [9.17, 15) is 0 Å². The van der Waals surface area contributed by atoms with E-state index in [1.165, 1.54) is 11.3 Å². The Labute approximate surface area is 161 Å². The van der Waals surface area contributed by atoms with Gasteiger partial charge < -0.3 is 0 Å². The summed E-state index contributed by atoms with van der Waals surface area (Å²) in [5, 5.41) is 9.62. The molecule has 4 aromatic rings. The molecule has 0 aliphatic rings. The molecule has 4 rings (SSSR count). The first kappa shape index (κ1) is 17.1. The highest BCUT2D eigenvalue weighted by Gasteiger charge is 2.12. The minimum atomic E-state index is 0.805. The van der Waals surface area contributed by atoms with Crippen molar-refractivity contribution < 1.29 is 0 Å². The van der Waals surface area contributed by atoms with Crippen LogP contribution < -0.4 is 4.80 Å². The highest BCUT2D eigenvalue weighted by molar-refractivity contribution is 7.13. The molecule has 27 heavy (non-hydrogen) atoms. The van der Waals surface area contributed by atoms with E-state index < -0.39 is 0 Å². The molecule has 2 aromatic heterocycles. The molecule has 0 bridgehead atoms. The van der Waals surface area contributed by atoms with Crippen LogP contribution in [-0.2, 0) is 0 Å². The van der Waals surface area contributed by atoms with Crippen LogP contribution in [0.2, 0.25) is 0 Å². The number of para-hydroxylation sites is 1. The van der Waals surface area contributed by atoms with Crippen molar-refractivity contribution in [1.29, 1.82) is 0 Å². The fourth-order valence-electron chi connectivity index (χ4n) is 2.58. The van der Waals surface area contributed by atoms with Gasteiger partial charge in [-0.2, -0.15) is 0 Å². The molecule has 0 fully saturated rings. The first-order valence-electron chi connectivity index (χ1n) is 8.52. The first-order chi connectivity index (χ1) is 13.3. The van der Waals surface area contributed by atoms with Gasteiger partial charge >= 0.3 is 0 Å². The van der Waals surface area contributed by atoms with Crippen molar-refractivity contribution in [2.24, 2.45) is 15.2 Å². The Balaban J connectivity index is 1.85. The Morgan fingerprint density at radius 1 is 0.778 bits per heavy atom. The van der Waals surface area contributed by atoms with Gasteiger partial charge in [0.2, 0.25) is 0 Å². The molecular formula is C21H17N5S. The second-order valence-electron chi connectivity index (χ2n) is 5.78. The summed E-state index contributed by atoms with van der Waals surface area (Å²) in [7, 11) is 0. The third-order valence-electron chi connectivity index (χ3n) is 3.90. The van der Waals surface area contributed by atoms with Gasteiger partial charge in [-0.05, 0) is 43.3 Å². The minimum absolute atomic E-state index is 0.805. The maximum Gasteiger partial charge on any atom is 0.198 e. The first-order valence-corrected chi connectivity index (χ1v) is 9.33. The normalized spacial score (nSPS) is 12.0. The van der Waals surface area contributed by atoms with Gasteiger partial charge in [-0.1, -0.05) is 53.8 Å². The molecule has 5 nitrogen and oxygen atoms in total. The number of azo groups is 1. The summed E-state index contributed by atoms with van der Waals surface area (Å²) < 4.78 is 2.01. The summed E-state index contributed by atoms with van der Waals surface area (Å²) in [4.78, 5) is 10.1. The summed E-state index contributed by atoms with van der Waals surface area (Å²) in [5.41, 5.74) is 2.65. The smallest absolute Gasteiger partial charge is 0.198 e. The van der Waals surface area contributed by atoms with E-state index >= 15 is 0 Å². The fourth-order valence-corrected chi connectivity index (χ4v) is 3.54. The van der Waals surface area contributed by atoms with Gasteiger partial charge in [0, 0.05) is 6.20 Å². The molecule has 0 amide bonds. The molecule has 0 spiro atoms. The van der Waals surface area contributed by atoms with E-state index in [0.717, 1.165) is 32.7 Å². The van der Waals surface area contributed by atoms with Crippen LogP contribution in [-0.4, -0.2) is 9.55 Å². The minimum Gasteiger partial charge on any atom is -0.271 e.